The average Bonchev–Trinajstić information content (AvgIpc) is 2.68. The smallest absolute Gasteiger partial charge is 0.306 e. The minimum atomic E-state index is -3.00. The molecule has 2 rings (SSSR count). The number of esters is 1. The van der Waals surface area contributed by atoms with Crippen molar-refractivity contribution in [2.75, 3.05) is 17.2 Å². The zero-order chi connectivity index (χ0) is 13.9. The van der Waals surface area contributed by atoms with Crippen molar-refractivity contribution in [2.45, 2.75) is 25.4 Å². The summed E-state index contributed by atoms with van der Waals surface area (Å²) in [5, 5.41) is 0. The number of anilines is 1. The molecular formula is C13H17NO4S. The van der Waals surface area contributed by atoms with E-state index in [1.807, 2.05) is 12.1 Å². The molecule has 1 atom stereocenters. The molecule has 1 aliphatic rings. The first-order chi connectivity index (χ1) is 8.94. The Kier molecular flexibility index (Phi) is 4.09. The van der Waals surface area contributed by atoms with Crippen LogP contribution >= 0.6 is 0 Å². The van der Waals surface area contributed by atoms with E-state index in [2.05, 4.69) is 0 Å². The number of hydrogen-bond acceptors (Lipinski definition) is 5. The van der Waals surface area contributed by atoms with Crippen LogP contribution in [0.15, 0.2) is 24.3 Å². The molecule has 0 amide bonds. The Balaban J connectivity index is 1.77. The quantitative estimate of drug-likeness (QED) is 0.656. The first-order valence-electron chi connectivity index (χ1n) is 6.19. The van der Waals surface area contributed by atoms with Gasteiger partial charge in [0.15, 0.2) is 9.84 Å². The third-order valence-electron chi connectivity index (χ3n) is 3.09. The van der Waals surface area contributed by atoms with Gasteiger partial charge in [0.25, 0.3) is 0 Å². The van der Waals surface area contributed by atoms with E-state index in [4.69, 9.17) is 10.5 Å². The van der Waals surface area contributed by atoms with Crippen LogP contribution in [0.3, 0.4) is 0 Å². The number of benzene rings is 1. The normalized spacial score (nSPS) is 21.2. The second-order valence-electron chi connectivity index (χ2n) is 4.76. The molecule has 1 aromatic carbocycles. The number of aryl methyl sites for hydroxylation is 1. The zero-order valence-corrected chi connectivity index (χ0v) is 11.4. The van der Waals surface area contributed by atoms with Gasteiger partial charge in [0.2, 0.25) is 0 Å². The Morgan fingerprint density at radius 3 is 2.58 bits per heavy atom. The van der Waals surface area contributed by atoms with Crippen LogP contribution in [0.4, 0.5) is 5.69 Å². The van der Waals surface area contributed by atoms with Crippen molar-refractivity contribution in [3.05, 3.63) is 29.8 Å². The number of ether oxygens (including phenoxy) is 1. The fraction of sp³-hybridized carbons (Fsp3) is 0.462. The van der Waals surface area contributed by atoms with Crippen LogP contribution in [0.25, 0.3) is 0 Å². The van der Waals surface area contributed by atoms with Crippen molar-refractivity contribution >= 4 is 21.5 Å². The van der Waals surface area contributed by atoms with E-state index in [0.29, 0.717) is 18.5 Å². The highest BCUT2D eigenvalue weighted by molar-refractivity contribution is 7.91. The Morgan fingerprint density at radius 1 is 1.32 bits per heavy atom. The van der Waals surface area contributed by atoms with Gasteiger partial charge in [-0.1, -0.05) is 12.1 Å². The number of nitrogen functional groups attached to an aromatic ring is 1. The zero-order valence-electron chi connectivity index (χ0n) is 10.5. The van der Waals surface area contributed by atoms with Crippen molar-refractivity contribution in [1.29, 1.82) is 0 Å². The van der Waals surface area contributed by atoms with Crippen molar-refractivity contribution < 1.29 is 17.9 Å². The van der Waals surface area contributed by atoms with E-state index in [9.17, 15) is 13.2 Å². The van der Waals surface area contributed by atoms with Gasteiger partial charge in [-0.15, -0.1) is 0 Å². The molecule has 0 saturated carbocycles. The molecule has 104 valence electrons. The SMILES string of the molecule is Nc1ccc(CCC(=O)OC2CCS(=O)(=O)C2)cc1. The maximum atomic E-state index is 11.6. The molecule has 0 bridgehead atoms. The van der Waals surface area contributed by atoms with Crippen LogP contribution in [0, 0.1) is 0 Å². The fourth-order valence-electron chi connectivity index (χ4n) is 2.03. The summed E-state index contributed by atoms with van der Waals surface area (Å²) in [5.41, 5.74) is 7.26. The lowest BCUT2D eigenvalue weighted by atomic mass is 10.1. The highest BCUT2D eigenvalue weighted by atomic mass is 32.2. The lowest BCUT2D eigenvalue weighted by Gasteiger charge is -2.10. The van der Waals surface area contributed by atoms with E-state index >= 15 is 0 Å². The van der Waals surface area contributed by atoms with Crippen molar-refractivity contribution in [1.82, 2.24) is 0 Å². The molecule has 1 saturated heterocycles. The molecule has 1 fully saturated rings. The van der Waals surface area contributed by atoms with Gasteiger partial charge in [0, 0.05) is 12.1 Å². The molecule has 1 aromatic rings. The van der Waals surface area contributed by atoms with E-state index < -0.39 is 15.9 Å². The first kappa shape index (κ1) is 13.9. The van der Waals surface area contributed by atoms with Crippen molar-refractivity contribution in [2.24, 2.45) is 0 Å². The molecule has 0 radical (unpaired) electrons. The number of sulfone groups is 1. The Morgan fingerprint density at radius 2 is 2.00 bits per heavy atom. The fourth-order valence-corrected chi connectivity index (χ4v) is 3.62. The second kappa shape index (κ2) is 5.61. The largest absolute Gasteiger partial charge is 0.461 e. The maximum absolute atomic E-state index is 11.6. The highest BCUT2D eigenvalue weighted by Crippen LogP contribution is 2.16. The van der Waals surface area contributed by atoms with Crippen LogP contribution in [0.5, 0.6) is 0 Å². The molecule has 5 nitrogen and oxygen atoms in total. The van der Waals surface area contributed by atoms with Gasteiger partial charge in [-0.05, 0) is 30.5 Å². The van der Waals surface area contributed by atoms with Crippen LogP contribution < -0.4 is 5.73 Å². The molecule has 0 aromatic heterocycles. The Hall–Kier alpha value is -1.56. The number of hydrogen-bond donors (Lipinski definition) is 1. The van der Waals surface area contributed by atoms with E-state index in [-0.39, 0.29) is 23.9 Å². The standard InChI is InChI=1S/C13H17NO4S/c14-11-4-1-10(2-5-11)3-6-13(15)18-12-7-8-19(16,17)9-12/h1-2,4-5,12H,3,6-9,14H2. The summed E-state index contributed by atoms with van der Waals surface area (Å²) in [4.78, 5) is 11.6. The molecule has 1 unspecified atom stereocenters. The van der Waals surface area contributed by atoms with Crippen LogP contribution in [0.2, 0.25) is 0 Å². The van der Waals surface area contributed by atoms with E-state index in [1.165, 1.54) is 0 Å². The number of carbonyl (C=O) groups excluding carboxylic acids is 1. The van der Waals surface area contributed by atoms with Crippen LogP contribution in [-0.4, -0.2) is 32.0 Å². The summed E-state index contributed by atoms with van der Waals surface area (Å²) >= 11 is 0. The lowest BCUT2D eigenvalue weighted by molar-refractivity contribution is -0.147. The van der Waals surface area contributed by atoms with Gasteiger partial charge < -0.3 is 10.5 Å². The third kappa shape index (κ3) is 4.24. The summed E-state index contributed by atoms with van der Waals surface area (Å²) < 4.78 is 27.6. The number of carbonyl (C=O) groups is 1. The van der Waals surface area contributed by atoms with Gasteiger partial charge in [-0.3, -0.25) is 4.79 Å². The summed E-state index contributed by atoms with van der Waals surface area (Å²) in [5.74, 6) is -0.275. The average molecular weight is 283 g/mol. The predicted octanol–water partition coefficient (Wildman–Crippen LogP) is 0.932. The van der Waals surface area contributed by atoms with Crippen LogP contribution in [-0.2, 0) is 25.8 Å². The third-order valence-corrected chi connectivity index (χ3v) is 4.82. The molecule has 0 spiro atoms. The number of nitrogens with two attached hydrogens (primary N) is 1. The van der Waals surface area contributed by atoms with Gasteiger partial charge in [-0.25, -0.2) is 8.42 Å². The topological polar surface area (TPSA) is 86.5 Å². The summed E-state index contributed by atoms with van der Waals surface area (Å²) in [6, 6.07) is 7.29. The van der Waals surface area contributed by atoms with Gasteiger partial charge >= 0.3 is 5.97 Å². The summed E-state index contributed by atoms with van der Waals surface area (Å²) in [6.45, 7) is 0. The van der Waals surface area contributed by atoms with E-state index in [1.54, 1.807) is 12.1 Å². The second-order valence-corrected chi connectivity index (χ2v) is 6.99. The Labute approximate surface area is 112 Å². The van der Waals surface area contributed by atoms with E-state index in [0.717, 1.165) is 5.56 Å². The Bertz CT molecular complexity index is 551. The van der Waals surface area contributed by atoms with Crippen LogP contribution in [0.1, 0.15) is 18.4 Å². The molecule has 0 aliphatic carbocycles. The van der Waals surface area contributed by atoms with Crippen molar-refractivity contribution in [3.8, 4) is 0 Å². The maximum Gasteiger partial charge on any atom is 0.306 e. The van der Waals surface area contributed by atoms with Gasteiger partial charge in [0.1, 0.15) is 6.10 Å². The first-order valence-corrected chi connectivity index (χ1v) is 8.01. The van der Waals surface area contributed by atoms with Gasteiger partial charge in [-0.2, -0.15) is 0 Å². The molecule has 6 heteroatoms. The monoisotopic (exact) mass is 283 g/mol. The summed E-state index contributed by atoms with van der Waals surface area (Å²) in [7, 11) is -3.00. The lowest BCUT2D eigenvalue weighted by Crippen LogP contribution is -2.19. The molecule has 1 heterocycles. The minimum absolute atomic E-state index is 0.0411. The molecule has 2 N–H and O–H groups in total. The predicted molar refractivity (Wildman–Crippen MR) is 72.3 cm³/mol. The van der Waals surface area contributed by atoms with Crippen molar-refractivity contribution in [3.63, 3.8) is 0 Å². The molecule has 1 aliphatic heterocycles. The molecule has 19 heavy (non-hydrogen) atoms. The van der Waals surface area contributed by atoms with Gasteiger partial charge in [0.05, 0.1) is 11.5 Å². The molecular weight excluding hydrogens is 266 g/mol. The minimum Gasteiger partial charge on any atom is -0.461 e. The summed E-state index contributed by atoms with van der Waals surface area (Å²) in [6.07, 6.45) is 0.763. The highest BCUT2D eigenvalue weighted by Gasteiger charge is 2.30. The number of rotatable bonds is 4.